The van der Waals surface area contributed by atoms with Gasteiger partial charge in [0.1, 0.15) is 6.23 Å². The highest BCUT2D eigenvalue weighted by Crippen LogP contribution is 2.68. The lowest BCUT2D eigenvalue weighted by Crippen LogP contribution is -2.72. The van der Waals surface area contributed by atoms with Crippen LogP contribution in [0.3, 0.4) is 0 Å². The molecule has 10 atom stereocenters. The van der Waals surface area contributed by atoms with Crippen LogP contribution >= 0.6 is 0 Å². The van der Waals surface area contributed by atoms with Crippen LogP contribution in [0.1, 0.15) is 31.7 Å². The molecule has 6 aliphatic rings. The summed E-state index contributed by atoms with van der Waals surface area (Å²) in [6, 6.07) is 9.70. The molecule has 24 heavy (non-hydrogen) atoms. The SMILES string of the molecule is CC[C@H]1C2CC3[C@@H]4N(C)c5ccccc5[C@]45C[C@@H]([C@H]2[C@@H]5O)N3[C@@H]1O. The molecule has 1 saturated carbocycles. The van der Waals surface area contributed by atoms with E-state index < -0.39 is 0 Å². The summed E-state index contributed by atoms with van der Waals surface area (Å²) in [5.74, 6) is 1.14. The monoisotopic (exact) mass is 326 g/mol. The van der Waals surface area contributed by atoms with E-state index in [0.717, 1.165) is 19.3 Å². The van der Waals surface area contributed by atoms with Crippen LogP contribution in [-0.2, 0) is 5.41 Å². The van der Waals surface area contributed by atoms with E-state index in [1.54, 1.807) is 0 Å². The van der Waals surface area contributed by atoms with Gasteiger partial charge >= 0.3 is 0 Å². The van der Waals surface area contributed by atoms with Crippen molar-refractivity contribution in [2.45, 2.75) is 62.1 Å². The molecule has 5 aliphatic heterocycles. The second-order valence-corrected chi connectivity index (χ2v) is 8.81. The van der Waals surface area contributed by atoms with Crippen LogP contribution in [-0.4, -0.2) is 52.6 Å². The summed E-state index contributed by atoms with van der Waals surface area (Å²) in [6.45, 7) is 2.19. The molecule has 4 heteroatoms. The number of likely N-dealkylation sites (N-methyl/N-ethyl adjacent to an activating group) is 1. The molecule has 7 rings (SSSR count). The summed E-state index contributed by atoms with van der Waals surface area (Å²) in [6.07, 6.45) is 2.56. The zero-order valence-electron chi connectivity index (χ0n) is 14.3. The highest BCUT2D eigenvalue weighted by Gasteiger charge is 2.76. The van der Waals surface area contributed by atoms with Gasteiger partial charge in [-0.15, -0.1) is 0 Å². The quantitative estimate of drug-likeness (QED) is 0.822. The Kier molecular flexibility index (Phi) is 2.45. The second kappa shape index (κ2) is 4.17. The van der Waals surface area contributed by atoms with Crippen molar-refractivity contribution in [1.29, 1.82) is 0 Å². The van der Waals surface area contributed by atoms with E-state index in [4.69, 9.17) is 0 Å². The van der Waals surface area contributed by atoms with Crippen LogP contribution in [0.5, 0.6) is 0 Å². The summed E-state index contributed by atoms with van der Waals surface area (Å²) in [5, 5.41) is 22.6. The molecule has 2 N–H and O–H groups in total. The Balaban J connectivity index is 1.60. The van der Waals surface area contributed by atoms with Crippen molar-refractivity contribution in [1.82, 2.24) is 4.90 Å². The first-order chi connectivity index (χ1) is 11.6. The van der Waals surface area contributed by atoms with Gasteiger partial charge in [-0.3, -0.25) is 4.90 Å². The third kappa shape index (κ3) is 1.20. The fourth-order valence-corrected chi connectivity index (χ4v) is 7.88. The fourth-order valence-electron chi connectivity index (χ4n) is 7.88. The molecule has 5 bridgehead atoms. The van der Waals surface area contributed by atoms with Crippen LogP contribution in [0.4, 0.5) is 5.69 Å². The Bertz CT molecular complexity index is 723. The first-order valence-corrected chi connectivity index (χ1v) is 9.57. The van der Waals surface area contributed by atoms with Gasteiger partial charge in [0.25, 0.3) is 0 Å². The molecule has 1 spiro atoms. The molecule has 1 aliphatic carbocycles. The van der Waals surface area contributed by atoms with Gasteiger partial charge in [-0.2, -0.15) is 0 Å². The maximum atomic E-state index is 11.6. The summed E-state index contributed by atoms with van der Waals surface area (Å²) in [5.41, 5.74) is 2.51. The number of aliphatic hydroxyl groups excluding tert-OH is 2. The first-order valence-electron chi connectivity index (χ1n) is 9.57. The molecule has 0 radical (unpaired) electrons. The number of nitrogens with zero attached hydrogens (tertiary/aromatic N) is 2. The number of benzene rings is 1. The minimum absolute atomic E-state index is 0.126. The lowest BCUT2D eigenvalue weighted by molar-refractivity contribution is -0.211. The number of anilines is 1. The third-order valence-electron chi connectivity index (χ3n) is 8.46. The summed E-state index contributed by atoms with van der Waals surface area (Å²) in [7, 11) is 2.19. The highest BCUT2D eigenvalue weighted by molar-refractivity contribution is 5.67. The van der Waals surface area contributed by atoms with Crippen molar-refractivity contribution in [3.05, 3.63) is 29.8 Å². The van der Waals surface area contributed by atoms with E-state index in [9.17, 15) is 10.2 Å². The number of fused-ring (bicyclic) bond motifs is 2. The van der Waals surface area contributed by atoms with Gasteiger partial charge in [-0.1, -0.05) is 25.1 Å². The first kappa shape index (κ1) is 14.1. The number of rotatable bonds is 1. The molecule has 128 valence electrons. The largest absolute Gasteiger partial charge is 0.392 e. The van der Waals surface area contributed by atoms with Gasteiger partial charge in [-0.25, -0.2) is 0 Å². The fraction of sp³-hybridized carbons (Fsp3) is 0.700. The van der Waals surface area contributed by atoms with Crippen molar-refractivity contribution in [3.8, 4) is 0 Å². The second-order valence-electron chi connectivity index (χ2n) is 8.81. The number of hydrogen-bond donors (Lipinski definition) is 2. The van der Waals surface area contributed by atoms with Gasteiger partial charge in [0.05, 0.1) is 12.1 Å². The topological polar surface area (TPSA) is 46.9 Å². The maximum absolute atomic E-state index is 11.6. The number of hydrogen-bond acceptors (Lipinski definition) is 4. The smallest absolute Gasteiger partial charge is 0.111 e. The highest BCUT2D eigenvalue weighted by atomic mass is 16.3. The van der Waals surface area contributed by atoms with E-state index in [0.29, 0.717) is 35.9 Å². The molecule has 5 fully saturated rings. The molecule has 0 amide bonds. The summed E-state index contributed by atoms with van der Waals surface area (Å²) < 4.78 is 0. The predicted molar refractivity (Wildman–Crippen MR) is 91.7 cm³/mol. The lowest BCUT2D eigenvalue weighted by Gasteiger charge is -2.62. The maximum Gasteiger partial charge on any atom is 0.111 e. The summed E-state index contributed by atoms with van der Waals surface area (Å²) >= 11 is 0. The van der Waals surface area contributed by atoms with E-state index in [1.807, 2.05) is 0 Å². The molecule has 0 aromatic heterocycles. The van der Waals surface area contributed by atoms with Gasteiger partial charge in [0.15, 0.2) is 0 Å². The Morgan fingerprint density at radius 3 is 2.79 bits per heavy atom. The molecule has 4 saturated heterocycles. The molecular formula is C20H26N2O2. The van der Waals surface area contributed by atoms with Crippen molar-refractivity contribution >= 4 is 5.69 Å². The van der Waals surface area contributed by atoms with E-state index in [-0.39, 0.29) is 17.7 Å². The van der Waals surface area contributed by atoms with Gasteiger partial charge in [0, 0.05) is 42.1 Å². The Hall–Kier alpha value is -1.10. The third-order valence-corrected chi connectivity index (χ3v) is 8.46. The minimum Gasteiger partial charge on any atom is -0.392 e. The lowest BCUT2D eigenvalue weighted by atomic mass is 9.62. The predicted octanol–water partition coefficient (Wildman–Crippen LogP) is 1.55. The average molecular weight is 326 g/mol. The molecule has 3 unspecified atom stereocenters. The number of para-hydroxylation sites is 1. The summed E-state index contributed by atoms with van der Waals surface area (Å²) in [4.78, 5) is 4.83. The Morgan fingerprint density at radius 2 is 2.00 bits per heavy atom. The number of piperidine rings is 4. The number of aliphatic hydroxyl groups is 2. The zero-order chi connectivity index (χ0) is 16.4. The van der Waals surface area contributed by atoms with E-state index >= 15 is 0 Å². The van der Waals surface area contributed by atoms with Crippen LogP contribution in [0, 0.1) is 17.8 Å². The van der Waals surface area contributed by atoms with E-state index in [2.05, 4.69) is 48.0 Å². The Labute approximate surface area is 143 Å². The van der Waals surface area contributed by atoms with Gasteiger partial charge in [0.2, 0.25) is 0 Å². The normalized spacial score (nSPS) is 55.8. The zero-order valence-corrected chi connectivity index (χ0v) is 14.3. The van der Waals surface area contributed by atoms with Crippen molar-refractivity contribution in [2.24, 2.45) is 17.8 Å². The molecule has 1 aromatic carbocycles. The molecule has 4 nitrogen and oxygen atoms in total. The van der Waals surface area contributed by atoms with E-state index in [1.165, 1.54) is 11.3 Å². The van der Waals surface area contributed by atoms with Crippen molar-refractivity contribution in [2.75, 3.05) is 11.9 Å². The standard InChI is InChI=1S/C20H26N2O2/c1-3-10-11-8-14-17-20(12-6-4-5-7-13(12)21(17)2)9-15(16(11)18(20)23)22(14)19(10)24/h4-7,10-11,14-19,23-24H,3,8-9H2,1-2H3/t10-,11?,14?,15-,16-,17-,18-,19+,20+/m0/s1. The van der Waals surface area contributed by atoms with Crippen LogP contribution < -0.4 is 4.90 Å². The Morgan fingerprint density at radius 1 is 1.21 bits per heavy atom. The van der Waals surface area contributed by atoms with Crippen molar-refractivity contribution < 1.29 is 10.2 Å². The van der Waals surface area contributed by atoms with Gasteiger partial charge in [-0.05, 0) is 36.8 Å². The van der Waals surface area contributed by atoms with Crippen molar-refractivity contribution in [3.63, 3.8) is 0 Å². The molecular weight excluding hydrogens is 300 g/mol. The minimum atomic E-state index is -0.319. The van der Waals surface area contributed by atoms with Gasteiger partial charge < -0.3 is 15.1 Å². The molecule has 1 aromatic rings. The van der Waals surface area contributed by atoms with Crippen LogP contribution in [0.2, 0.25) is 0 Å². The van der Waals surface area contributed by atoms with Crippen LogP contribution in [0.15, 0.2) is 24.3 Å². The average Bonchev–Trinajstić information content (AvgIpc) is 2.97. The molecule has 5 heterocycles. The van der Waals surface area contributed by atoms with Crippen LogP contribution in [0.25, 0.3) is 0 Å².